The Morgan fingerprint density at radius 2 is 2.30 bits per heavy atom. The first-order chi connectivity index (χ1) is 13.3. The number of hydrogen-bond acceptors (Lipinski definition) is 5. The first-order valence-corrected chi connectivity index (χ1v) is 10.2. The SMILES string of the molecule is O=C(NCCSc1cn[nH]n1)N1CCC[C@H](Cc2nc3ccccc3[nH]2)C1. The minimum Gasteiger partial charge on any atom is -0.342 e. The van der Waals surface area contributed by atoms with Crippen molar-refractivity contribution < 1.29 is 4.79 Å². The smallest absolute Gasteiger partial charge is 0.317 e. The van der Waals surface area contributed by atoms with E-state index in [2.05, 4.69) is 30.7 Å². The van der Waals surface area contributed by atoms with Crippen molar-refractivity contribution in [3.05, 3.63) is 36.3 Å². The fourth-order valence-corrected chi connectivity index (χ4v) is 4.12. The van der Waals surface area contributed by atoms with E-state index in [9.17, 15) is 4.79 Å². The zero-order chi connectivity index (χ0) is 18.5. The zero-order valence-electron chi connectivity index (χ0n) is 15.0. The Labute approximate surface area is 161 Å². The number of para-hydroxylation sites is 2. The molecule has 0 unspecified atom stereocenters. The summed E-state index contributed by atoms with van der Waals surface area (Å²) in [6.07, 6.45) is 4.72. The van der Waals surface area contributed by atoms with E-state index in [1.54, 1.807) is 18.0 Å². The van der Waals surface area contributed by atoms with Crippen LogP contribution in [0.25, 0.3) is 11.0 Å². The molecule has 8 nitrogen and oxygen atoms in total. The lowest BCUT2D eigenvalue weighted by molar-refractivity contribution is 0.165. The molecule has 3 aromatic rings. The van der Waals surface area contributed by atoms with Crippen LogP contribution in [0.5, 0.6) is 0 Å². The maximum absolute atomic E-state index is 12.4. The molecule has 9 heteroatoms. The molecule has 1 atom stereocenters. The number of carbonyl (C=O) groups is 1. The van der Waals surface area contributed by atoms with Crippen molar-refractivity contribution in [1.29, 1.82) is 0 Å². The van der Waals surface area contributed by atoms with Crippen molar-refractivity contribution in [1.82, 2.24) is 35.6 Å². The number of nitrogens with zero attached hydrogens (tertiary/aromatic N) is 4. The van der Waals surface area contributed by atoms with Gasteiger partial charge in [0.25, 0.3) is 0 Å². The van der Waals surface area contributed by atoms with Crippen molar-refractivity contribution >= 4 is 28.8 Å². The highest BCUT2D eigenvalue weighted by atomic mass is 32.2. The van der Waals surface area contributed by atoms with Crippen LogP contribution < -0.4 is 5.32 Å². The van der Waals surface area contributed by atoms with Crippen molar-refractivity contribution in [2.75, 3.05) is 25.4 Å². The van der Waals surface area contributed by atoms with E-state index in [0.717, 1.165) is 60.0 Å². The van der Waals surface area contributed by atoms with Crippen LogP contribution >= 0.6 is 11.8 Å². The first kappa shape index (κ1) is 17.8. The minimum atomic E-state index is 0.0186. The molecule has 0 bridgehead atoms. The second-order valence-electron chi connectivity index (χ2n) is 6.75. The fraction of sp³-hybridized carbons (Fsp3) is 0.444. The molecule has 142 valence electrons. The Kier molecular flexibility index (Phi) is 5.57. The topological polar surface area (TPSA) is 103 Å². The van der Waals surface area contributed by atoms with Gasteiger partial charge in [-0.3, -0.25) is 0 Å². The summed E-state index contributed by atoms with van der Waals surface area (Å²) in [5, 5.41) is 14.2. The third-order valence-electron chi connectivity index (χ3n) is 4.75. The molecular weight excluding hydrogens is 362 g/mol. The average molecular weight is 385 g/mol. The van der Waals surface area contributed by atoms with Gasteiger partial charge in [-0.05, 0) is 30.9 Å². The van der Waals surface area contributed by atoms with Crippen LogP contribution in [0.4, 0.5) is 4.79 Å². The van der Waals surface area contributed by atoms with Gasteiger partial charge >= 0.3 is 6.03 Å². The molecule has 1 aliphatic heterocycles. The van der Waals surface area contributed by atoms with E-state index in [4.69, 9.17) is 0 Å². The van der Waals surface area contributed by atoms with Gasteiger partial charge in [0.15, 0.2) is 0 Å². The Morgan fingerprint density at radius 3 is 3.15 bits per heavy atom. The van der Waals surface area contributed by atoms with Gasteiger partial charge in [-0.25, -0.2) is 9.78 Å². The zero-order valence-corrected chi connectivity index (χ0v) is 15.8. The number of likely N-dealkylation sites (tertiary alicyclic amines) is 1. The van der Waals surface area contributed by atoms with Crippen LogP contribution in [-0.2, 0) is 6.42 Å². The number of amides is 2. The summed E-state index contributed by atoms with van der Waals surface area (Å²) in [4.78, 5) is 22.4. The molecule has 2 aromatic heterocycles. The number of hydrogen-bond donors (Lipinski definition) is 3. The second kappa shape index (κ2) is 8.43. The van der Waals surface area contributed by atoms with Crippen molar-refractivity contribution in [3.8, 4) is 0 Å². The third-order valence-corrected chi connectivity index (χ3v) is 5.65. The highest BCUT2D eigenvalue weighted by Gasteiger charge is 2.24. The second-order valence-corrected chi connectivity index (χ2v) is 7.86. The van der Waals surface area contributed by atoms with Crippen LogP contribution in [0.2, 0.25) is 0 Å². The highest BCUT2D eigenvalue weighted by Crippen LogP contribution is 2.21. The highest BCUT2D eigenvalue weighted by molar-refractivity contribution is 7.99. The molecule has 0 radical (unpaired) electrons. The summed E-state index contributed by atoms with van der Waals surface area (Å²) >= 11 is 1.57. The van der Waals surface area contributed by atoms with Gasteiger partial charge in [-0.15, -0.1) is 16.9 Å². The van der Waals surface area contributed by atoms with Crippen molar-refractivity contribution in [2.45, 2.75) is 24.3 Å². The molecule has 1 saturated heterocycles. The van der Waals surface area contributed by atoms with E-state index in [0.29, 0.717) is 12.5 Å². The monoisotopic (exact) mass is 385 g/mol. The molecule has 27 heavy (non-hydrogen) atoms. The summed E-state index contributed by atoms with van der Waals surface area (Å²) in [6, 6.07) is 8.10. The van der Waals surface area contributed by atoms with E-state index < -0.39 is 0 Å². The first-order valence-electron chi connectivity index (χ1n) is 9.23. The number of fused-ring (bicyclic) bond motifs is 1. The number of nitrogens with one attached hydrogen (secondary N) is 3. The molecule has 2 amide bonds. The van der Waals surface area contributed by atoms with E-state index in [1.165, 1.54) is 0 Å². The summed E-state index contributed by atoms with van der Waals surface area (Å²) in [7, 11) is 0. The number of benzene rings is 1. The standard InChI is InChI=1S/C18H23N7OS/c26-18(19-7-9-27-17-11-20-24-23-17)25-8-3-4-13(12-25)10-16-21-14-5-1-2-6-15(14)22-16/h1-2,5-6,11,13H,3-4,7-10,12H2,(H,19,26)(H,21,22)(H,20,23,24)/t13-/m1/s1. The number of thioether (sulfide) groups is 1. The predicted molar refractivity (Wildman–Crippen MR) is 105 cm³/mol. The molecule has 0 saturated carbocycles. The number of aromatic nitrogens is 5. The lowest BCUT2D eigenvalue weighted by atomic mass is 9.95. The molecule has 1 aliphatic rings. The maximum atomic E-state index is 12.4. The van der Waals surface area contributed by atoms with Crippen LogP contribution in [0, 0.1) is 5.92 Å². The molecule has 0 spiro atoms. The number of rotatable bonds is 6. The number of urea groups is 1. The summed E-state index contributed by atoms with van der Waals surface area (Å²) in [6.45, 7) is 2.21. The van der Waals surface area contributed by atoms with Gasteiger partial charge in [0.05, 0.1) is 17.2 Å². The molecule has 3 heterocycles. The van der Waals surface area contributed by atoms with Gasteiger partial charge < -0.3 is 15.2 Å². The van der Waals surface area contributed by atoms with E-state index >= 15 is 0 Å². The molecular formula is C18H23N7OS. The van der Waals surface area contributed by atoms with Crippen LogP contribution in [0.3, 0.4) is 0 Å². The Morgan fingerprint density at radius 1 is 1.37 bits per heavy atom. The lowest BCUT2D eigenvalue weighted by Gasteiger charge is -2.32. The van der Waals surface area contributed by atoms with Gasteiger partial charge in [-0.1, -0.05) is 12.1 Å². The average Bonchev–Trinajstić information content (AvgIpc) is 3.34. The lowest BCUT2D eigenvalue weighted by Crippen LogP contribution is -2.46. The predicted octanol–water partition coefficient (Wildman–Crippen LogP) is 2.44. The Hall–Kier alpha value is -2.55. The fourth-order valence-electron chi connectivity index (χ4n) is 3.48. The quantitative estimate of drug-likeness (QED) is 0.447. The number of H-pyrrole nitrogens is 2. The normalized spacial score (nSPS) is 17.3. The van der Waals surface area contributed by atoms with Crippen molar-refractivity contribution in [2.24, 2.45) is 5.92 Å². The van der Waals surface area contributed by atoms with Gasteiger partial charge in [-0.2, -0.15) is 10.3 Å². The van der Waals surface area contributed by atoms with Gasteiger partial charge in [0.2, 0.25) is 0 Å². The van der Waals surface area contributed by atoms with E-state index in [1.807, 2.05) is 29.2 Å². The minimum absolute atomic E-state index is 0.0186. The number of piperidine rings is 1. The van der Waals surface area contributed by atoms with Crippen LogP contribution in [-0.4, -0.2) is 61.7 Å². The van der Waals surface area contributed by atoms with Crippen LogP contribution in [0.15, 0.2) is 35.5 Å². The van der Waals surface area contributed by atoms with Gasteiger partial charge in [0, 0.05) is 31.8 Å². The molecule has 0 aliphatic carbocycles. The Bertz CT molecular complexity index is 846. The molecule has 1 aromatic carbocycles. The van der Waals surface area contributed by atoms with Gasteiger partial charge in [0.1, 0.15) is 10.9 Å². The van der Waals surface area contributed by atoms with Crippen LogP contribution in [0.1, 0.15) is 18.7 Å². The third kappa shape index (κ3) is 4.60. The molecule has 1 fully saturated rings. The van der Waals surface area contributed by atoms with Crippen molar-refractivity contribution in [3.63, 3.8) is 0 Å². The maximum Gasteiger partial charge on any atom is 0.317 e. The largest absolute Gasteiger partial charge is 0.342 e. The summed E-state index contributed by atoms with van der Waals surface area (Å²) in [5.41, 5.74) is 2.07. The number of aromatic amines is 2. The summed E-state index contributed by atoms with van der Waals surface area (Å²) in [5.74, 6) is 2.22. The van der Waals surface area contributed by atoms with E-state index in [-0.39, 0.29) is 6.03 Å². The molecule has 3 N–H and O–H groups in total. The Balaban J connectivity index is 1.25. The molecule has 4 rings (SSSR count). The summed E-state index contributed by atoms with van der Waals surface area (Å²) < 4.78 is 0. The number of carbonyl (C=O) groups excluding carboxylic acids is 1. The number of imidazole rings is 1.